The molecular formula is C14H22N2O4. The van der Waals surface area contributed by atoms with Gasteiger partial charge in [0.15, 0.2) is 11.5 Å². The number of hydrogen-bond acceptors (Lipinski definition) is 5. The number of methoxy groups -OCH3 is 3. The van der Waals surface area contributed by atoms with Gasteiger partial charge in [-0.3, -0.25) is 4.79 Å². The first-order valence-corrected chi connectivity index (χ1v) is 6.31. The Kier molecular flexibility index (Phi) is 6.11. The van der Waals surface area contributed by atoms with Crippen molar-refractivity contribution >= 4 is 5.91 Å². The standard InChI is InChI=1S/C14H22N2O4/c1-9(14(17)15-2)16-8-10-6-7-11(18-3)13(20-5)12(10)19-4/h6-7,9,16H,8H2,1-5H3,(H,15,17). The molecule has 0 aliphatic heterocycles. The van der Waals surface area contributed by atoms with E-state index in [0.29, 0.717) is 23.8 Å². The molecule has 1 aromatic rings. The smallest absolute Gasteiger partial charge is 0.236 e. The number of carbonyl (C=O) groups excluding carboxylic acids is 1. The highest BCUT2D eigenvalue weighted by molar-refractivity contribution is 5.80. The lowest BCUT2D eigenvalue weighted by molar-refractivity contribution is -0.122. The summed E-state index contributed by atoms with van der Waals surface area (Å²) in [6.07, 6.45) is 0. The second-order valence-corrected chi connectivity index (χ2v) is 4.21. The third-order valence-electron chi connectivity index (χ3n) is 3.02. The summed E-state index contributed by atoms with van der Waals surface area (Å²) in [6, 6.07) is 3.39. The quantitative estimate of drug-likeness (QED) is 0.779. The van der Waals surface area contributed by atoms with Crippen LogP contribution in [0.5, 0.6) is 17.2 Å². The van der Waals surface area contributed by atoms with Crippen molar-refractivity contribution < 1.29 is 19.0 Å². The molecule has 0 fully saturated rings. The summed E-state index contributed by atoms with van der Waals surface area (Å²) in [5.74, 6) is 1.68. The summed E-state index contributed by atoms with van der Waals surface area (Å²) in [7, 11) is 6.31. The van der Waals surface area contributed by atoms with Crippen LogP contribution >= 0.6 is 0 Å². The third-order valence-corrected chi connectivity index (χ3v) is 3.02. The molecule has 1 aromatic carbocycles. The first-order valence-electron chi connectivity index (χ1n) is 6.31. The minimum atomic E-state index is -0.294. The van der Waals surface area contributed by atoms with Gasteiger partial charge in [-0.15, -0.1) is 0 Å². The molecule has 1 rings (SSSR count). The Bertz CT molecular complexity index is 463. The van der Waals surface area contributed by atoms with Crippen LogP contribution in [0.15, 0.2) is 12.1 Å². The van der Waals surface area contributed by atoms with E-state index in [1.54, 1.807) is 35.3 Å². The molecule has 0 saturated carbocycles. The van der Waals surface area contributed by atoms with Crippen LogP contribution in [0.3, 0.4) is 0 Å². The van der Waals surface area contributed by atoms with E-state index < -0.39 is 0 Å². The van der Waals surface area contributed by atoms with Crippen molar-refractivity contribution in [1.82, 2.24) is 10.6 Å². The highest BCUT2D eigenvalue weighted by Crippen LogP contribution is 2.39. The van der Waals surface area contributed by atoms with Gasteiger partial charge in [0.25, 0.3) is 0 Å². The molecule has 20 heavy (non-hydrogen) atoms. The van der Waals surface area contributed by atoms with E-state index in [2.05, 4.69) is 10.6 Å². The van der Waals surface area contributed by atoms with E-state index in [-0.39, 0.29) is 11.9 Å². The van der Waals surface area contributed by atoms with Gasteiger partial charge in [-0.25, -0.2) is 0 Å². The Morgan fingerprint density at radius 1 is 1.15 bits per heavy atom. The fourth-order valence-electron chi connectivity index (χ4n) is 1.87. The molecule has 0 spiro atoms. The van der Waals surface area contributed by atoms with E-state index in [0.717, 1.165) is 5.56 Å². The minimum absolute atomic E-state index is 0.0653. The number of hydrogen-bond donors (Lipinski definition) is 2. The number of ether oxygens (including phenoxy) is 3. The highest BCUT2D eigenvalue weighted by atomic mass is 16.5. The van der Waals surface area contributed by atoms with Gasteiger partial charge in [-0.05, 0) is 13.0 Å². The molecule has 0 aliphatic rings. The monoisotopic (exact) mass is 282 g/mol. The Labute approximate surface area is 119 Å². The maximum atomic E-state index is 11.5. The topological polar surface area (TPSA) is 68.8 Å². The first-order chi connectivity index (χ1) is 9.58. The molecule has 6 heteroatoms. The molecular weight excluding hydrogens is 260 g/mol. The third kappa shape index (κ3) is 3.54. The van der Waals surface area contributed by atoms with Crippen molar-refractivity contribution in [2.45, 2.75) is 19.5 Å². The maximum absolute atomic E-state index is 11.5. The molecule has 0 bridgehead atoms. The van der Waals surface area contributed by atoms with E-state index in [4.69, 9.17) is 14.2 Å². The van der Waals surface area contributed by atoms with Gasteiger partial charge in [0.1, 0.15) is 0 Å². The van der Waals surface area contributed by atoms with Crippen molar-refractivity contribution in [3.63, 3.8) is 0 Å². The maximum Gasteiger partial charge on any atom is 0.236 e. The fraction of sp³-hybridized carbons (Fsp3) is 0.500. The van der Waals surface area contributed by atoms with Gasteiger partial charge in [0, 0.05) is 19.2 Å². The van der Waals surface area contributed by atoms with Gasteiger partial charge in [-0.1, -0.05) is 6.07 Å². The van der Waals surface area contributed by atoms with Gasteiger partial charge in [0.05, 0.1) is 27.4 Å². The van der Waals surface area contributed by atoms with Crippen LogP contribution in [0, 0.1) is 0 Å². The molecule has 0 aliphatic carbocycles. The number of amides is 1. The lowest BCUT2D eigenvalue weighted by Crippen LogP contribution is -2.40. The summed E-state index contributed by atoms with van der Waals surface area (Å²) in [5, 5.41) is 5.72. The number of carbonyl (C=O) groups is 1. The van der Waals surface area contributed by atoms with Crippen molar-refractivity contribution in [2.24, 2.45) is 0 Å². The predicted molar refractivity (Wildman–Crippen MR) is 76.5 cm³/mol. The lowest BCUT2D eigenvalue weighted by Gasteiger charge is -2.17. The Balaban J connectivity index is 2.93. The van der Waals surface area contributed by atoms with E-state index in [1.165, 1.54) is 0 Å². The fourth-order valence-corrected chi connectivity index (χ4v) is 1.87. The SMILES string of the molecule is CNC(=O)C(C)NCc1ccc(OC)c(OC)c1OC. The van der Waals surface area contributed by atoms with Crippen LogP contribution in [-0.4, -0.2) is 40.3 Å². The molecule has 0 saturated heterocycles. The lowest BCUT2D eigenvalue weighted by atomic mass is 10.1. The van der Waals surface area contributed by atoms with Crippen LogP contribution in [0.25, 0.3) is 0 Å². The van der Waals surface area contributed by atoms with Crippen LogP contribution in [0.4, 0.5) is 0 Å². The second kappa shape index (κ2) is 7.59. The van der Waals surface area contributed by atoms with Crippen molar-refractivity contribution in [1.29, 1.82) is 0 Å². The molecule has 1 atom stereocenters. The average molecular weight is 282 g/mol. The second-order valence-electron chi connectivity index (χ2n) is 4.21. The Morgan fingerprint density at radius 2 is 1.80 bits per heavy atom. The first kappa shape index (κ1) is 16.1. The number of nitrogens with one attached hydrogen (secondary N) is 2. The molecule has 0 radical (unpaired) electrons. The zero-order valence-corrected chi connectivity index (χ0v) is 12.6. The molecule has 1 amide bonds. The summed E-state index contributed by atoms with van der Waals surface area (Å²) < 4.78 is 15.9. The molecule has 112 valence electrons. The largest absolute Gasteiger partial charge is 0.493 e. The molecule has 0 heterocycles. The van der Waals surface area contributed by atoms with Crippen molar-refractivity contribution in [2.75, 3.05) is 28.4 Å². The minimum Gasteiger partial charge on any atom is -0.493 e. The summed E-state index contributed by atoms with van der Waals surface area (Å²) >= 11 is 0. The Hall–Kier alpha value is -1.95. The predicted octanol–water partition coefficient (Wildman–Crippen LogP) is 0.936. The molecule has 6 nitrogen and oxygen atoms in total. The number of likely N-dealkylation sites (N-methyl/N-ethyl adjacent to an activating group) is 1. The van der Waals surface area contributed by atoms with Crippen LogP contribution in [0.1, 0.15) is 12.5 Å². The van der Waals surface area contributed by atoms with E-state index in [1.807, 2.05) is 12.1 Å². The number of rotatable bonds is 7. The van der Waals surface area contributed by atoms with Crippen molar-refractivity contribution in [3.05, 3.63) is 17.7 Å². The zero-order valence-electron chi connectivity index (χ0n) is 12.6. The van der Waals surface area contributed by atoms with Gasteiger partial charge in [0.2, 0.25) is 11.7 Å². The number of benzene rings is 1. The Morgan fingerprint density at radius 3 is 2.30 bits per heavy atom. The van der Waals surface area contributed by atoms with Gasteiger partial charge >= 0.3 is 0 Å². The van der Waals surface area contributed by atoms with Gasteiger partial charge < -0.3 is 24.8 Å². The summed E-state index contributed by atoms with van der Waals surface area (Å²) in [5.41, 5.74) is 0.890. The van der Waals surface area contributed by atoms with Crippen LogP contribution < -0.4 is 24.8 Å². The summed E-state index contributed by atoms with van der Waals surface area (Å²) in [6.45, 7) is 2.28. The van der Waals surface area contributed by atoms with E-state index >= 15 is 0 Å². The normalized spacial score (nSPS) is 11.7. The molecule has 0 aromatic heterocycles. The summed E-state index contributed by atoms with van der Waals surface area (Å²) in [4.78, 5) is 11.5. The van der Waals surface area contributed by atoms with E-state index in [9.17, 15) is 4.79 Å². The average Bonchev–Trinajstić information content (AvgIpc) is 2.50. The molecule has 1 unspecified atom stereocenters. The molecule has 2 N–H and O–H groups in total. The van der Waals surface area contributed by atoms with Crippen LogP contribution in [-0.2, 0) is 11.3 Å². The van der Waals surface area contributed by atoms with Crippen molar-refractivity contribution in [3.8, 4) is 17.2 Å². The highest BCUT2D eigenvalue weighted by Gasteiger charge is 2.17. The van der Waals surface area contributed by atoms with Gasteiger partial charge in [-0.2, -0.15) is 0 Å². The van der Waals surface area contributed by atoms with Crippen LogP contribution in [0.2, 0.25) is 0 Å². The zero-order chi connectivity index (χ0) is 15.1.